The van der Waals surface area contributed by atoms with Gasteiger partial charge in [-0.15, -0.1) is 0 Å². The van der Waals surface area contributed by atoms with Crippen molar-refractivity contribution < 1.29 is 13.9 Å². The summed E-state index contributed by atoms with van der Waals surface area (Å²) < 4.78 is 10.3. The topological polar surface area (TPSA) is 55.6 Å². The molecule has 0 radical (unpaired) electrons. The highest BCUT2D eigenvalue weighted by Gasteiger charge is 2.19. The predicted molar refractivity (Wildman–Crippen MR) is 74.3 cm³/mol. The van der Waals surface area contributed by atoms with Gasteiger partial charge in [-0.3, -0.25) is 0 Å². The SMILES string of the molecule is CCOC(=O)c1coc(N(CC(C)C)CC(C)C)n1. The molecule has 0 bridgehead atoms. The highest BCUT2D eigenvalue weighted by atomic mass is 16.5. The molecule has 0 N–H and O–H groups in total. The molecule has 0 unspecified atom stereocenters. The van der Waals surface area contributed by atoms with Crippen LogP contribution in [0.2, 0.25) is 0 Å². The summed E-state index contributed by atoms with van der Waals surface area (Å²) in [6, 6.07) is 0.491. The molecule has 5 heteroatoms. The smallest absolute Gasteiger partial charge is 0.360 e. The summed E-state index contributed by atoms with van der Waals surface area (Å²) in [5.41, 5.74) is 0.231. The first-order chi connectivity index (χ1) is 8.93. The van der Waals surface area contributed by atoms with Crippen molar-refractivity contribution >= 4 is 12.0 Å². The Kier molecular flexibility index (Phi) is 5.86. The number of hydrogen-bond acceptors (Lipinski definition) is 5. The van der Waals surface area contributed by atoms with E-state index in [0.29, 0.717) is 24.5 Å². The second kappa shape index (κ2) is 7.16. The fourth-order valence-electron chi connectivity index (χ4n) is 1.82. The van der Waals surface area contributed by atoms with Crippen LogP contribution >= 0.6 is 0 Å². The van der Waals surface area contributed by atoms with Gasteiger partial charge in [-0.05, 0) is 18.8 Å². The van der Waals surface area contributed by atoms with E-state index in [-0.39, 0.29) is 5.69 Å². The molecule has 0 saturated carbocycles. The van der Waals surface area contributed by atoms with Gasteiger partial charge >= 0.3 is 5.97 Å². The summed E-state index contributed by atoms with van der Waals surface area (Å²) in [6.07, 6.45) is 1.36. The van der Waals surface area contributed by atoms with Gasteiger partial charge in [0.05, 0.1) is 6.61 Å². The van der Waals surface area contributed by atoms with Gasteiger partial charge in [0, 0.05) is 13.1 Å². The van der Waals surface area contributed by atoms with Gasteiger partial charge in [-0.2, -0.15) is 4.98 Å². The van der Waals surface area contributed by atoms with Crippen molar-refractivity contribution in [1.82, 2.24) is 4.98 Å². The lowest BCUT2D eigenvalue weighted by Gasteiger charge is -2.24. The normalized spacial score (nSPS) is 11.1. The molecule has 0 aliphatic rings. The molecule has 0 saturated heterocycles. The molecule has 0 atom stereocenters. The Balaban J connectivity index is 2.81. The first kappa shape index (κ1) is 15.5. The third-order valence-electron chi connectivity index (χ3n) is 2.42. The molecule has 0 amide bonds. The number of aromatic nitrogens is 1. The van der Waals surface area contributed by atoms with Crippen LogP contribution in [-0.4, -0.2) is 30.6 Å². The molecule has 1 aromatic rings. The Labute approximate surface area is 114 Å². The quantitative estimate of drug-likeness (QED) is 0.712. The van der Waals surface area contributed by atoms with E-state index in [1.807, 2.05) is 0 Å². The summed E-state index contributed by atoms with van der Waals surface area (Å²) in [4.78, 5) is 17.8. The third kappa shape index (κ3) is 4.93. The Morgan fingerprint density at radius 3 is 2.37 bits per heavy atom. The molecule has 1 heterocycles. The first-order valence-corrected chi connectivity index (χ1v) is 6.81. The van der Waals surface area contributed by atoms with E-state index < -0.39 is 5.97 Å². The van der Waals surface area contributed by atoms with Gasteiger partial charge in [-0.1, -0.05) is 27.7 Å². The maximum atomic E-state index is 11.6. The lowest BCUT2D eigenvalue weighted by Crippen LogP contribution is -2.31. The van der Waals surface area contributed by atoms with E-state index in [1.54, 1.807) is 6.92 Å². The largest absolute Gasteiger partial charge is 0.461 e. The minimum Gasteiger partial charge on any atom is -0.461 e. The van der Waals surface area contributed by atoms with Gasteiger partial charge in [0.1, 0.15) is 6.26 Å². The van der Waals surface area contributed by atoms with Gasteiger partial charge in [0.15, 0.2) is 5.69 Å². The number of nitrogens with zero attached hydrogens (tertiary/aromatic N) is 2. The number of anilines is 1. The molecule has 5 nitrogen and oxygen atoms in total. The summed E-state index contributed by atoms with van der Waals surface area (Å²) in [7, 11) is 0. The van der Waals surface area contributed by atoms with Crippen LogP contribution in [0.25, 0.3) is 0 Å². The van der Waals surface area contributed by atoms with Gasteiger partial charge in [-0.25, -0.2) is 4.79 Å². The standard InChI is InChI=1S/C14H24N2O3/c1-6-18-13(17)12-9-19-14(15-12)16(7-10(2)3)8-11(4)5/h9-11H,6-8H2,1-5H3. The zero-order chi connectivity index (χ0) is 14.4. The van der Waals surface area contributed by atoms with Gasteiger partial charge < -0.3 is 14.1 Å². The summed E-state index contributed by atoms with van der Waals surface area (Å²) in [5.74, 6) is 0.555. The number of esters is 1. The second-order valence-corrected chi connectivity index (χ2v) is 5.43. The molecule has 1 aromatic heterocycles. The van der Waals surface area contributed by atoms with Crippen molar-refractivity contribution in [2.75, 3.05) is 24.6 Å². The van der Waals surface area contributed by atoms with Gasteiger partial charge in [0.2, 0.25) is 0 Å². The molecule has 0 spiro atoms. The lowest BCUT2D eigenvalue weighted by atomic mass is 10.1. The van der Waals surface area contributed by atoms with E-state index in [1.165, 1.54) is 6.26 Å². The Morgan fingerprint density at radius 1 is 1.32 bits per heavy atom. The molecule has 19 heavy (non-hydrogen) atoms. The first-order valence-electron chi connectivity index (χ1n) is 6.81. The average Bonchev–Trinajstić information content (AvgIpc) is 2.76. The number of carbonyl (C=O) groups is 1. The maximum Gasteiger partial charge on any atom is 0.360 e. The number of ether oxygens (including phenoxy) is 1. The maximum absolute atomic E-state index is 11.6. The van der Waals surface area contributed by atoms with E-state index in [0.717, 1.165) is 13.1 Å². The minimum absolute atomic E-state index is 0.231. The zero-order valence-corrected chi connectivity index (χ0v) is 12.5. The molecule has 0 fully saturated rings. The van der Waals surface area contributed by atoms with Crippen molar-refractivity contribution in [2.45, 2.75) is 34.6 Å². The van der Waals surface area contributed by atoms with Crippen molar-refractivity contribution in [1.29, 1.82) is 0 Å². The van der Waals surface area contributed by atoms with Crippen molar-refractivity contribution in [3.8, 4) is 0 Å². The fourth-order valence-corrected chi connectivity index (χ4v) is 1.82. The molecule has 0 aliphatic carbocycles. The lowest BCUT2D eigenvalue weighted by molar-refractivity contribution is 0.0519. The molecular formula is C14H24N2O3. The molecular weight excluding hydrogens is 244 g/mol. The van der Waals surface area contributed by atoms with E-state index >= 15 is 0 Å². The summed E-state index contributed by atoms with van der Waals surface area (Å²) >= 11 is 0. The molecule has 0 aromatic carbocycles. The zero-order valence-electron chi connectivity index (χ0n) is 12.5. The average molecular weight is 268 g/mol. The summed E-state index contributed by atoms with van der Waals surface area (Å²) in [5, 5.41) is 0. The summed E-state index contributed by atoms with van der Waals surface area (Å²) in [6.45, 7) is 12.4. The van der Waals surface area contributed by atoms with Crippen LogP contribution in [0.1, 0.15) is 45.1 Å². The highest BCUT2D eigenvalue weighted by Crippen LogP contribution is 2.17. The molecule has 0 aliphatic heterocycles. The van der Waals surface area contributed by atoms with Crippen molar-refractivity contribution in [3.63, 3.8) is 0 Å². The fraction of sp³-hybridized carbons (Fsp3) is 0.714. The van der Waals surface area contributed by atoms with Crippen LogP contribution in [0.4, 0.5) is 6.01 Å². The monoisotopic (exact) mass is 268 g/mol. The van der Waals surface area contributed by atoms with Crippen LogP contribution < -0.4 is 4.90 Å². The minimum atomic E-state index is -0.438. The number of oxazole rings is 1. The number of rotatable bonds is 7. The second-order valence-electron chi connectivity index (χ2n) is 5.43. The van der Waals surface area contributed by atoms with Crippen LogP contribution in [0, 0.1) is 11.8 Å². The van der Waals surface area contributed by atoms with Crippen LogP contribution in [0.3, 0.4) is 0 Å². The third-order valence-corrected chi connectivity index (χ3v) is 2.42. The van der Waals surface area contributed by atoms with E-state index in [9.17, 15) is 4.79 Å². The predicted octanol–water partition coefficient (Wildman–Crippen LogP) is 2.97. The van der Waals surface area contributed by atoms with Gasteiger partial charge in [0.25, 0.3) is 6.01 Å². The van der Waals surface area contributed by atoms with Crippen LogP contribution in [-0.2, 0) is 4.74 Å². The van der Waals surface area contributed by atoms with E-state index in [4.69, 9.17) is 9.15 Å². The van der Waals surface area contributed by atoms with E-state index in [2.05, 4.69) is 37.6 Å². The van der Waals surface area contributed by atoms with Crippen LogP contribution in [0.5, 0.6) is 0 Å². The Morgan fingerprint density at radius 2 is 1.89 bits per heavy atom. The van der Waals surface area contributed by atoms with Crippen LogP contribution in [0.15, 0.2) is 10.7 Å². The van der Waals surface area contributed by atoms with Crippen molar-refractivity contribution in [3.05, 3.63) is 12.0 Å². The van der Waals surface area contributed by atoms with Crippen molar-refractivity contribution in [2.24, 2.45) is 11.8 Å². The molecule has 108 valence electrons. The Hall–Kier alpha value is -1.52. The Bertz CT molecular complexity index is 389. The highest BCUT2D eigenvalue weighted by molar-refractivity contribution is 5.87. The number of hydrogen-bond donors (Lipinski definition) is 0. The number of carbonyl (C=O) groups excluding carboxylic acids is 1. The molecule has 1 rings (SSSR count).